The molecule has 0 saturated carbocycles. The quantitative estimate of drug-likeness (QED) is 0.878. The van der Waals surface area contributed by atoms with Crippen molar-refractivity contribution in [3.63, 3.8) is 0 Å². The molecule has 108 valence electrons. The third-order valence-electron chi connectivity index (χ3n) is 3.78. The summed E-state index contributed by atoms with van der Waals surface area (Å²) >= 11 is 5.86. The van der Waals surface area contributed by atoms with Crippen molar-refractivity contribution in [3.05, 3.63) is 29.6 Å². The fraction of sp³-hybridized carbons (Fsp3) is 0.400. The SMILES string of the molecule is N#Cc1cccc2c1nc(CCCl)n2CC1CCC(=O)N1. The van der Waals surface area contributed by atoms with E-state index in [0.29, 0.717) is 36.3 Å². The Hall–Kier alpha value is -2.06. The molecule has 0 radical (unpaired) electrons. The Bertz CT molecular complexity index is 731. The van der Waals surface area contributed by atoms with Gasteiger partial charge in [0, 0.05) is 31.3 Å². The lowest BCUT2D eigenvalue weighted by atomic mass is 10.2. The number of aromatic nitrogens is 2. The molecular weight excluding hydrogens is 288 g/mol. The summed E-state index contributed by atoms with van der Waals surface area (Å²) in [6.07, 6.45) is 2.05. The van der Waals surface area contributed by atoms with Gasteiger partial charge in [-0.05, 0) is 18.6 Å². The van der Waals surface area contributed by atoms with Crippen molar-refractivity contribution in [2.75, 3.05) is 5.88 Å². The molecule has 0 spiro atoms. The van der Waals surface area contributed by atoms with E-state index in [-0.39, 0.29) is 11.9 Å². The monoisotopic (exact) mass is 302 g/mol. The first-order valence-corrected chi connectivity index (χ1v) is 7.50. The van der Waals surface area contributed by atoms with E-state index >= 15 is 0 Å². The van der Waals surface area contributed by atoms with Gasteiger partial charge in [0.25, 0.3) is 0 Å². The summed E-state index contributed by atoms with van der Waals surface area (Å²) < 4.78 is 2.08. The highest BCUT2D eigenvalue weighted by Gasteiger charge is 2.23. The van der Waals surface area contributed by atoms with Crippen molar-refractivity contribution >= 4 is 28.5 Å². The number of hydrogen-bond donors (Lipinski definition) is 1. The Morgan fingerprint density at radius 3 is 3.05 bits per heavy atom. The Kier molecular flexibility index (Phi) is 3.80. The molecule has 1 aliphatic rings. The maximum atomic E-state index is 11.4. The minimum atomic E-state index is 0.0982. The van der Waals surface area contributed by atoms with Crippen LogP contribution >= 0.6 is 11.6 Å². The van der Waals surface area contributed by atoms with Gasteiger partial charge >= 0.3 is 0 Å². The second kappa shape index (κ2) is 5.74. The molecule has 1 aromatic carbocycles. The molecule has 6 heteroatoms. The van der Waals surface area contributed by atoms with E-state index < -0.39 is 0 Å². The van der Waals surface area contributed by atoms with Crippen LogP contribution in [0.1, 0.15) is 24.2 Å². The second-order valence-corrected chi connectivity index (χ2v) is 5.54. The van der Waals surface area contributed by atoms with Gasteiger partial charge in [-0.3, -0.25) is 4.79 Å². The van der Waals surface area contributed by atoms with Gasteiger partial charge in [0.2, 0.25) is 5.91 Å². The fourth-order valence-electron chi connectivity index (χ4n) is 2.80. The molecule has 1 unspecified atom stereocenters. The summed E-state index contributed by atoms with van der Waals surface area (Å²) in [7, 11) is 0. The third-order valence-corrected chi connectivity index (χ3v) is 3.97. The van der Waals surface area contributed by atoms with Crippen LogP contribution in [0.5, 0.6) is 0 Å². The summed E-state index contributed by atoms with van der Waals surface area (Å²) in [6, 6.07) is 7.87. The standard InChI is InChI=1S/C15H15ClN4O/c16-7-6-13-19-15-10(8-17)2-1-3-12(15)20(13)9-11-4-5-14(21)18-11/h1-3,11H,4-7,9H2,(H,18,21). The van der Waals surface area contributed by atoms with Gasteiger partial charge in [0.1, 0.15) is 17.4 Å². The van der Waals surface area contributed by atoms with Crippen molar-refractivity contribution in [1.29, 1.82) is 5.26 Å². The van der Waals surface area contributed by atoms with Crippen molar-refractivity contribution in [2.24, 2.45) is 0 Å². The molecule has 2 heterocycles. The molecule has 0 aliphatic carbocycles. The molecule has 21 heavy (non-hydrogen) atoms. The summed E-state index contributed by atoms with van der Waals surface area (Å²) in [4.78, 5) is 15.9. The smallest absolute Gasteiger partial charge is 0.220 e. The predicted octanol–water partition coefficient (Wildman–Crippen LogP) is 1.97. The first kappa shape index (κ1) is 13.9. The molecule has 1 saturated heterocycles. The van der Waals surface area contributed by atoms with Crippen LogP contribution in [0.15, 0.2) is 18.2 Å². The highest BCUT2D eigenvalue weighted by atomic mass is 35.5. The zero-order valence-electron chi connectivity index (χ0n) is 11.5. The van der Waals surface area contributed by atoms with E-state index in [1.807, 2.05) is 12.1 Å². The van der Waals surface area contributed by atoms with Crippen molar-refractivity contribution < 1.29 is 4.79 Å². The van der Waals surface area contributed by atoms with E-state index in [1.54, 1.807) is 6.07 Å². The van der Waals surface area contributed by atoms with Crippen LogP contribution in [0.2, 0.25) is 0 Å². The van der Waals surface area contributed by atoms with Crippen LogP contribution in [0, 0.1) is 11.3 Å². The number of fused-ring (bicyclic) bond motifs is 1. The number of nitrogens with one attached hydrogen (secondary N) is 1. The van der Waals surface area contributed by atoms with Gasteiger partial charge in [-0.15, -0.1) is 11.6 Å². The van der Waals surface area contributed by atoms with Gasteiger partial charge in [0.05, 0.1) is 11.1 Å². The summed E-state index contributed by atoms with van der Waals surface area (Å²) in [5.41, 5.74) is 2.21. The average Bonchev–Trinajstić information content (AvgIpc) is 3.04. The normalized spacial score (nSPS) is 17.9. The van der Waals surface area contributed by atoms with Gasteiger partial charge < -0.3 is 9.88 Å². The van der Waals surface area contributed by atoms with Crippen LogP contribution in [0.3, 0.4) is 0 Å². The maximum absolute atomic E-state index is 11.4. The van der Waals surface area contributed by atoms with Gasteiger partial charge in [-0.2, -0.15) is 5.26 Å². The lowest BCUT2D eigenvalue weighted by molar-refractivity contribution is -0.119. The zero-order chi connectivity index (χ0) is 14.8. The number of halogens is 1. The molecule has 0 bridgehead atoms. The molecule has 1 amide bonds. The minimum absolute atomic E-state index is 0.0982. The van der Waals surface area contributed by atoms with E-state index in [9.17, 15) is 10.1 Å². The number of benzene rings is 1. The van der Waals surface area contributed by atoms with Crippen LogP contribution < -0.4 is 5.32 Å². The number of para-hydroxylation sites is 1. The molecule has 1 aliphatic heterocycles. The molecule has 2 aromatic rings. The lowest BCUT2D eigenvalue weighted by Crippen LogP contribution is -2.30. The minimum Gasteiger partial charge on any atom is -0.352 e. The number of carbonyl (C=O) groups is 1. The van der Waals surface area contributed by atoms with Crippen molar-refractivity contribution in [3.8, 4) is 6.07 Å². The molecule has 1 atom stereocenters. The second-order valence-electron chi connectivity index (χ2n) is 5.17. The summed E-state index contributed by atoms with van der Waals surface area (Å²) in [5.74, 6) is 1.44. The average molecular weight is 303 g/mol. The number of rotatable bonds is 4. The zero-order valence-corrected chi connectivity index (χ0v) is 12.2. The molecule has 1 N–H and O–H groups in total. The number of alkyl halides is 1. The number of nitrogens with zero attached hydrogens (tertiary/aromatic N) is 3. The number of aryl methyl sites for hydroxylation is 1. The number of hydrogen-bond acceptors (Lipinski definition) is 3. The summed E-state index contributed by atoms with van der Waals surface area (Å²) in [6.45, 7) is 0.670. The Morgan fingerprint density at radius 2 is 2.38 bits per heavy atom. The molecule has 1 fully saturated rings. The molecule has 1 aromatic heterocycles. The van der Waals surface area contributed by atoms with E-state index in [0.717, 1.165) is 17.8 Å². The van der Waals surface area contributed by atoms with Gasteiger partial charge in [-0.25, -0.2) is 4.98 Å². The van der Waals surface area contributed by atoms with E-state index in [2.05, 4.69) is 20.9 Å². The highest BCUT2D eigenvalue weighted by molar-refractivity contribution is 6.17. The Morgan fingerprint density at radius 1 is 1.52 bits per heavy atom. The van der Waals surface area contributed by atoms with Crippen LogP contribution in [0.4, 0.5) is 0 Å². The molecule has 5 nitrogen and oxygen atoms in total. The van der Waals surface area contributed by atoms with Crippen LogP contribution in [-0.2, 0) is 17.8 Å². The molecule has 3 rings (SSSR count). The number of nitriles is 1. The number of amides is 1. The highest BCUT2D eigenvalue weighted by Crippen LogP contribution is 2.22. The summed E-state index contributed by atoms with van der Waals surface area (Å²) in [5, 5.41) is 12.2. The fourth-order valence-corrected chi connectivity index (χ4v) is 2.97. The predicted molar refractivity (Wildman–Crippen MR) is 80.0 cm³/mol. The largest absolute Gasteiger partial charge is 0.352 e. The van der Waals surface area contributed by atoms with Gasteiger partial charge in [0.15, 0.2) is 0 Å². The topological polar surface area (TPSA) is 70.7 Å². The number of carbonyl (C=O) groups excluding carboxylic acids is 1. The molecular formula is C15H15ClN4O. The van der Waals surface area contributed by atoms with Crippen LogP contribution in [-0.4, -0.2) is 27.4 Å². The first-order chi connectivity index (χ1) is 10.2. The number of imidazole rings is 1. The Labute approximate surface area is 127 Å². The third kappa shape index (κ3) is 2.59. The maximum Gasteiger partial charge on any atom is 0.220 e. The van der Waals surface area contributed by atoms with E-state index in [4.69, 9.17) is 11.6 Å². The first-order valence-electron chi connectivity index (χ1n) is 6.96. The van der Waals surface area contributed by atoms with E-state index in [1.165, 1.54) is 0 Å². The van der Waals surface area contributed by atoms with Crippen LogP contribution in [0.25, 0.3) is 11.0 Å². The Balaban J connectivity index is 2.04. The van der Waals surface area contributed by atoms with Crippen molar-refractivity contribution in [2.45, 2.75) is 31.8 Å². The lowest BCUT2D eigenvalue weighted by Gasteiger charge is -2.14. The van der Waals surface area contributed by atoms with Crippen molar-refractivity contribution in [1.82, 2.24) is 14.9 Å². The van der Waals surface area contributed by atoms with Gasteiger partial charge in [-0.1, -0.05) is 6.07 Å².